The average molecular weight is 401 g/mol. The van der Waals surface area contributed by atoms with Crippen molar-refractivity contribution in [2.24, 2.45) is 4.99 Å². The van der Waals surface area contributed by atoms with Crippen LogP contribution in [0.3, 0.4) is 0 Å². The Bertz CT molecular complexity index is 1000. The maximum absolute atomic E-state index is 12.6. The molecule has 5 nitrogen and oxygen atoms in total. The summed E-state index contributed by atoms with van der Waals surface area (Å²) in [7, 11) is 0. The maximum atomic E-state index is 12.6. The predicted molar refractivity (Wildman–Crippen MR) is 107 cm³/mol. The third-order valence-corrected chi connectivity index (χ3v) is 4.28. The number of ketones is 2. The molecular formula is C20H14Cl2N2O3. The molecule has 2 aromatic rings. The van der Waals surface area contributed by atoms with Crippen LogP contribution in [0, 0.1) is 0 Å². The fourth-order valence-electron chi connectivity index (χ4n) is 2.51. The van der Waals surface area contributed by atoms with Crippen LogP contribution in [-0.2, 0) is 9.59 Å². The summed E-state index contributed by atoms with van der Waals surface area (Å²) in [5.74, 6) is -1.31. The van der Waals surface area contributed by atoms with Crippen molar-refractivity contribution in [1.82, 2.24) is 0 Å². The van der Waals surface area contributed by atoms with Gasteiger partial charge in [-0.05, 0) is 55.5 Å². The number of aliphatic imine (C=N–C) groups is 1. The molecule has 3 rings (SSSR count). The van der Waals surface area contributed by atoms with Gasteiger partial charge in [0.2, 0.25) is 5.78 Å². The summed E-state index contributed by atoms with van der Waals surface area (Å²) in [5, 5.41) is 14.6. The molecule has 1 aliphatic rings. The lowest BCUT2D eigenvalue weighted by Gasteiger charge is -2.18. The molecule has 0 bridgehead atoms. The quantitative estimate of drug-likeness (QED) is 0.704. The van der Waals surface area contributed by atoms with Crippen LogP contribution in [0.25, 0.3) is 0 Å². The van der Waals surface area contributed by atoms with Gasteiger partial charge in [0.05, 0.1) is 17.0 Å². The summed E-state index contributed by atoms with van der Waals surface area (Å²) in [5.41, 5.74) is 0.892. The summed E-state index contributed by atoms with van der Waals surface area (Å²) < 4.78 is 0. The number of halogens is 2. The number of nitrogens with one attached hydrogen (secondary N) is 1. The normalized spacial score (nSPS) is 15.7. The maximum Gasteiger partial charge on any atom is 0.207 e. The number of Topliss-reactive ketones (excluding diaryl/α,β-unsaturated/α-hetero) is 1. The molecule has 0 fully saturated rings. The Kier molecular flexibility index (Phi) is 5.44. The van der Waals surface area contributed by atoms with E-state index in [2.05, 4.69) is 10.3 Å². The molecule has 2 aromatic carbocycles. The van der Waals surface area contributed by atoms with E-state index in [1.54, 1.807) is 48.5 Å². The predicted octanol–water partition coefficient (Wildman–Crippen LogP) is 5.05. The first-order valence-electron chi connectivity index (χ1n) is 7.93. The third kappa shape index (κ3) is 4.27. The van der Waals surface area contributed by atoms with Gasteiger partial charge in [-0.15, -0.1) is 0 Å². The average Bonchev–Trinajstić information content (AvgIpc) is 2.62. The number of carbonyl (C=O) groups excluding carboxylic acids is 2. The molecule has 1 aliphatic carbocycles. The van der Waals surface area contributed by atoms with Gasteiger partial charge in [0.25, 0.3) is 0 Å². The van der Waals surface area contributed by atoms with Crippen LogP contribution in [-0.4, -0.2) is 22.4 Å². The standard InChI is InChI=1S/C20H14Cl2N2O3/c1-11(25)18-19(24-15-8-4-13(22)5-9-15)17(26)10-16(20(18)27)23-14-6-2-12(21)3-7-14/h2-10,23,27H,1H3. The molecule has 136 valence electrons. The zero-order valence-electron chi connectivity index (χ0n) is 14.2. The second-order valence-corrected chi connectivity index (χ2v) is 6.64. The zero-order valence-corrected chi connectivity index (χ0v) is 15.7. The molecule has 0 amide bonds. The Morgan fingerprint density at radius 2 is 1.56 bits per heavy atom. The third-order valence-electron chi connectivity index (χ3n) is 3.78. The highest BCUT2D eigenvalue weighted by Crippen LogP contribution is 2.26. The minimum atomic E-state index is -0.496. The molecule has 0 unspecified atom stereocenters. The van der Waals surface area contributed by atoms with Crippen molar-refractivity contribution in [2.75, 3.05) is 5.32 Å². The smallest absolute Gasteiger partial charge is 0.207 e. The Hall–Kier alpha value is -2.89. The lowest BCUT2D eigenvalue weighted by Crippen LogP contribution is -2.27. The Morgan fingerprint density at radius 1 is 1.00 bits per heavy atom. The minimum absolute atomic E-state index is 0.113. The molecule has 0 heterocycles. The van der Waals surface area contributed by atoms with Gasteiger partial charge in [0, 0.05) is 21.8 Å². The molecule has 0 saturated heterocycles. The molecular weight excluding hydrogens is 387 g/mol. The van der Waals surface area contributed by atoms with E-state index >= 15 is 0 Å². The van der Waals surface area contributed by atoms with Crippen molar-refractivity contribution >= 4 is 51.9 Å². The van der Waals surface area contributed by atoms with E-state index in [4.69, 9.17) is 23.2 Å². The van der Waals surface area contributed by atoms with Gasteiger partial charge in [0.15, 0.2) is 11.5 Å². The fraction of sp³-hybridized carbons (Fsp3) is 0.0500. The highest BCUT2D eigenvalue weighted by atomic mass is 35.5. The van der Waals surface area contributed by atoms with Crippen LogP contribution < -0.4 is 5.32 Å². The summed E-state index contributed by atoms with van der Waals surface area (Å²) >= 11 is 11.7. The van der Waals surface area contributed by atoms with Crippen molar-refractivity contribution in [3.8, 4) is 0 Å². The highest BCUT2D eigenvalue weighted by Gasteiger charge is 2.30. The first-order valence-corrected chi connectivity index (χ1v) is 8.68. The van der Waals surface area contributed by atoms with Crippen molar-refractivity contribution in [3.05, 3.63) is 81.7 Å². The molecule has 7 heteroatoms. The van der Waals surface area contributed by atoms with E-state index in [1.165, 1.54) is 13.0 Å². The van der Waals surface area contributed by atoms with Crippen LogP contribution in [0.15, 0.2) is 76.6 Å². The summed E-state index contributed by atoms with van der Waals surface area (Å²) in [6.45, 7) is 1.27. The van der Waals surface area contributed by atoms with Crippen molar-refractivity contribution < 1.29 is 14.7 Å². The van der Waals surface area contributed by atoms with Crippen molar-refractivity contribution in [3.63, 3.8) is 0 Å². The SMILES string of the molecule is CC(=O)C1=C(O)C(Nc2ccc(Cl)cc2)=CC(=O)C1=Nc1ccc(Cl)cc1. The Labute approximate surface area is 165 Å². The monoisotopic (exact) mass is 400 g/mol. The summed E-state index contributed by atoms with van der Waals surface area (Å²) in [4.78, 5) is 28.9. The molecule has 27 heavy (non-hydrogen) atoms. The lowest BCUT2D eigenvalue weighted by atomic mass is 9.94. The number of aliphatic hydroxyl groups is 1. The van der Waals surface area contributed by atoms with Gasteiger partial charge in [0.1, 0.15) is 5.71 Å². The van der Waals surface area contributed by atoms with Gasteiger partial charge >= 0.3 is 0 Å². The number of benzene rings is 2. The number of nitrogens with zero attached hydrogens (tertiary/aromatic N) is 1. The zero-order chi connectivity index (χ0) is 19.6. The summed E-state index contributed by atoms with van der Waals surface area (Å²) in [6.07, 6.45) is 1.20. The van der Waals surface area contributed by atoms with Gasteiger partial charge in [-0.25, -0.2) is 4.99 Å². The Morgan fingerprint density at radius 3 is 2.11 bits per heavy atom. The van der Waals surface area contributed by atoms with E-state index in [1.807, 2.05) is 0 Å². The number of aliphatic hydroxyl groups excluding tert-OH is 1. The van der Waals surface area contributed by atoms with Crippen LogP contribution in [0.4, 0.5) is 11.4 Å². The van der Waals surface area contributed by atoms with E-state index in [-0.39, 0.29) is 22.7 Å². The van der Waals surface area contributed by atoms with E-state index in [9.17, 15) is 14.7 Å². The first kappa shape index (κ1) is 18.9. The van der Waals surface area contributed by atoms with E-state index < -0.39 is 11.6 Å². The van der Waals surface area contributed by atoms with Crippen molar-refractivity contribution in [1.29, 1.82) is 0 Å². The number of carbonyl (C=O) groups is 2. The first-order chi connectivity index (χ1) is 12.8. The van der Waals surface area contributed by atoms with E-state index in [0.29, 0.717) is 21.4 Å². The number of anilines is 1. The molecule has 0 atom stereocenters. The molecule has 0 aromatic heterocycles. The molecule has 0 radical (unpaired) electrons. The molecule has 0 aliphatic heterocycles. The lowest BCUT2D eigenvalue weighted by molar-refractivity contribution is -0.114. The second kappa shape index (κ2) is 7.78. The second-order valence-electron chi connectivity index (χ2n) is 5.77. The summed E-state index contributed by atoms with van der Waals surface area (Å²) in [6, 6.07) is 13.2. The van der Waals surface area contributed by atoms with Crippen LogP contribution in [0.1, 0.15) is 6.92 Å². The van der Waals surface area contributed by atoms with E-state index in [0.717, 1.165) is 0 Å². The number of allylic oxidation sites excluding steroid dienone is 2. The van der Waals surface area contributed by atoms with Gasteiger partial charge in [-0.1, -0.05) is 23.2 Å². The fourth-order valence-corrected chi connectivity index (χ4v) is 2.76. The number of hydrogen-bond donors (Lipinski definition) is 2. The topological polar surface area (TPSA) is 78.8 Å². The molecule has 0 spiro atoms. The van der Waals surface area contributed by atoms with Gasteiger partial charge < -0.3 is 10.4 Å². The molecule has 2 N–H and O–H groups in total. The van der Waals surface area contributed by atoms with Crippen LogP contribution >= 0.6 is 23.2 Å². The highest BCUT2D eigenvalue weighted by molar-refractivity contribution is 6.56. The molecule has 0 saturated carbocycles. The van der Waals surface area contributed by atoms with Gasteiger partial charge in [-0.2, -0.15) is 0 Å². The largest absolute Gasteiger partial charge is 0.505 e. The number of rotatable bonds is 4. The minimum Gasteiger partial charge on any atom is -0.505 e. The van der Waals surface area contributed by atoms with Crippen LogP contribution in [0.2, 0.25) is 10.0 Å². The van der Waals surface area contributed by atoms with Crippen LogP contribution in [0.5, 0.6) is 0 Å². The Balaban J connectivity index is 2.01. The van der Waals surface area contributed by atoms with Gasteiger partial charge in [-0.3, -0.25) is 9.59 Å². The number of hydrogen-bond acceptors (Lipinski definition) is 5. The van der Waals surface area contributed by atoms with Crippen molar-refractivity contribution in [2.45, 2.75) is 6.92 Å².